The van der Waals surface area contributed by atoms with Crippen molar-refractivity contribution in [3.05, 3.63) is 87.6 Å². The fraction of sp³-hybridized carbons (Fsp3) is 0.273. The van der Waals surface area contributed by atoms with E-state index in [2.05, 4.69) is 15.7 Å². The van der Waals surface area contributed by atoms with Crippen LogP contribution >= 0.6 is 0 Å². The summed E-state index contributed by atoms with van der Waals surface area (Å²) in [6.45, 7) is 4.01. The summed E-state index contributed by atoms with van der Waals surface area (Å²) >= 11 is 0. The smallest absolute Gasteiger partial charge is 0.253 e. The zero-order chi connectivity index (χ0) is 21.7. The number of nitrogens with zero attached hydrogens (tertiary/aromatic N) is 3. The summed E-state index contributed by atoms with van der Waals surface area (Å²) in [5.74, 6) is -0.637. The van der Waals surface area contributed by atoms with E-state index < -0.39 is 0 Å². The first kappa shape index (κ1) is 21.0. The Kier molecular flexibility index (Phi) is 6.46. The van der Waals surface area contributed by atoms with Crippen molar-refractivity contribution in [1.82, 2.24) is 25.0 Å². The van der Waals surface area contributed by atoms with Gasteiger partial charge in [0.1, 0.15) is 6.54 Å². The Labute approximate surface area is 174 Å². The number of pyridine rings is 1. The summed E-state index contributed by atoms with van der Waals surface area (Å²) in [4.78, 5) is 37.0. The number of carbonyl (C=O) groups is 2. The van der Waals surface area contributed by atoms with E-state index in [0.29, 0.717) is 12.1 Å². The van der Waals surface area contributed by atoms with Crippen LogP contribution in [0.25, 0.3) is 0 Å². The van der Waals surface area contributed by atoms with Crippen molar-refractivity contribution in [2.75, 3.05) is 0 Å². The molecule has 8 nitrogen and oxygen atoms in total. The van der Waals surface area contributed by atoms with Crippen molar-refractivity contribution >= 4 is 11.8 Å². The van der Waals surface area contributed by atoms with E-state index in [1.54, 1.807) is 10.9 Å². The van der Waals surface area contributed by atoms with Crippen LogP contribution in [0, 0.1) is 6.92 Å². The predicted octanol–water partition coefficient (Wildman–Crippen LogP) is 1.70. The fourth-order valence-electron chi connectivity index (χ4n) is 3.09. The molecule has 2 N–H and O–H groups in total. The van der Waals surface area contributed by atoms with Gasteiger partial charge in [0.05, 0.1) is 17.8 Å². The Balaban J connectivity index is 1.65. The molecule has 0 aliphatic heterocycles. The second kappa shape index (κ2) is 9.21. The molecule has 156 valence electrons. The molecule has 0 saturated heterocycles. The van der Waals surface area contributed by atoms with E-state index in [0.717, 1.165) is 16.8 Å². The molecule has 0 aliphatic rings. The lowest BCUT2D eigenvalue weighted by Crippen LogP contribution is -2.33. The maximum Gasteiger partial charge on any atom is 0.253 e. The number of hydrogen-bond donors (Lipinski definition) is 2. The number of nitrogens with one attached hydrogen (secondary N) is 2. The molecular formula is C22H25N5O3. The molecule has 2 aromatic heterocycles. The molecule has 3 rings (SSSR count). The second-order valence-corrected chi connectivity index (χ2v) is 7.15. The highest BCUT2D eigenvalue weighted by atomic mass is 16.2. The summed E-state index contributed by atoms with van der Waals surface area (Å²) < 4.78 is 2.97. The Hall–Kier alpha value is -3.68. The maximum atomic E-state index is 12.7. The average Bonchev–Trinajstić information content (AvgIpc) is 3.07. The van der Waals surface area contributed by atoms with Crippen LogP contribution in [0.4, 0.5) is 0 Å². The van der Waals surface area contributed by atoms with Crippen LogP contribution < -0.4 is 16.2 Å². The molecule has 8 heteroatoms. The van der Waals surface area contributed by atoms with E-state index in [9.17, 15) is 14.4 Å². The van der Waals surface area contributed by atoms with E-state index in [-0.39, 0.29) is 30.0 Å². The second-order valence-electron chi connectivity index (χ2n) is 7.15. The van der Waals surface area contributed by atoms with Crippen LogP contribution in [0.5, 0.6) is 0 Å². The molecule has 1 atom stereocenters. The number of carbonyl (C=O) groups excluding carboxylic acids is 2. The lowest BCUT2D eigenvalue weighted by molar-refractivity contribution is -0.121. The van der Waals surface area contributed by atoms with E-state index >= 15 is 0 Å². The third-order valence-corrected chi connectivity index (χ3v) is 4.98. The first-order valence-electron chi connectivity index (χ1n) is 9.65. The summed E-state index contributed by atoms with van der Waals surface area (Å²) in [6, 6.07) is 12.0. The van der Waals surface area contributed by atoms with Crippen LogP contribution in [-0.4, -0.2) is 26.2 Å². The zero-order valence-electron chi connectivity index (χ0n) is 17.3. The van der Waals surface area contributed by atoms with Crippen molar-refractivity contribution < 1.29 is 9.59 Å². The first-order valence-corrected chi connectivity index (χ1v) is 9.65. The lowest BCUT2D eigenvalue weighted by atomic mass is 10.1. The minimum Gasteiger partial charge on any atom is -0.350 e. The van der Waals surface area contributed by atoms with Gasteiger partial charge in [0.15, 0.2) is 0 Å². The SMILES string of the molecule is Cc1c([C@H](C)NC(=O)c2ccc(=O)n(CC(=O)NCc3ccccc3)c2)cnn1C. The van der Waals surface area contributed by atoms with Crippen LogP contribution in [0.15, 0.2) is 59.7 Å². The molecule has 0 fully saturated rings. The maximum absolute atomic E-state index is 12.7. The molecule has 0 radical (unpaired) electrons. The average molecular weight is 407 g/mol. The molecule has 0 spiro atoms. The number of amides is 2. The number of benzene rings is 1. The van der Waals surface area contributed by atoms with Gasteiger partial charge in [-0.3, -0.25) is 19.1 Å². The summed E-state index contributed by atoms with van der Waals surface area (Å²) in [6.07, 6.45) is 3.13. The zero-order valence-corrected chi connectivity index (χ0v) is 17.3. The van der Waals surface area contributed by atoms with Crippen molar-refractivity contribution in [2.24, 2.45) is 7.05 Å². The largest absolute Gasteiger partial charge is 0.350 e. The van der Waals surface area contributed by atoms with Gasteiger partial charge in [-0.25, -0.2) is 0 Å². The van der Waals surface area contributed by atoms with Crippen LogP contribution in [0.1, 0.15) is 40.1 Å². The van der Waals surface area contributed by atoms with Crippen molar-refractivity contribution in [2.45, 2.75) is 33.0 Å². The van der Waals surface area contributed by atoms with E-state index in [4.69, 9.17) is 0 Å². The molecule has 0 bridgehead atoms. The molecule has 3 aromatic rings. The van der Waals surface area contributed by atoms with Gasteiger partial charge >= 0.3 is 0 Å². The van der Waals surface area contributed by atoms with Crippen molar-refractivity contribution in [3.8, 4) is 0 Å². The Morgan fingerprint density at radius 2 is 1.87 bits per heavy atom. The third kappa shape index (κ3) is 5.02. The van der Waals surface area contributed by atoms with Gasteiger partial charge in [-0.2, -0.15) is 5.10 Å². The van der Waals surface area contributed by atoms with Crippen LogP contribution in [0.2, 0.25) is 0 Å². The number of aromatic nitrogens is 3. The molecule has 0 unspecified atom stereocenters. The van der Waals surface area contributed by atoms with Gasteiger partial charge in [0, 0.05) is 37.1 Å². The first-order chi connectivity index (χ1) is 14.3. The molecular weight excluding hydrogens is 382 g/mol. The highest BCUT2D eigenvalue weighted by Gasteiger charge is 2.16. The molecule has 2 heterocycles. The van der Waals surface area contributed by atoms with Gasteiger partial charge in [-0.1, -0.05) is 30.3 Å². The van der Waals surface area contributed by atoms with Crippen molar-refractivity contribution in [3.63, 3.8) is 0 Å². The Bertz CT molecular complexity index is 1100. The van der Waals surface area contributed by atoms with Gasteiger partial charge in [-0.05, 0) is 25.5 Å². The standard InChI is InChI=1S/C22H25N5O3/c1-15(19-12-24-26(3)16(19)2)25-22(30)18-9-10-21(29)27(13-18)14-20(28)23-11-17-7-5-4-6-8-17/h4-10,12-13,15H,11,14H2,1-3H3,(H,23,28)(H,25,30)/t15-/m0/s1. The lowest BCUT2D eigenvalue weighted by Gasteiger charge is -2.14. The Morgan fingerprint density at radius 1 is 1.13 bits per heavy atom. The fourth-order valence-corrected chi connectivity index (χ4v) is 3.09. The predicted molar refractivity (Wildman–Crippen MR) is 113 cm³/mol. The minimum absolute atomic E-state index is 0.163. The minimum atomic E-state index is -0.349. The normalized spacial score (nSPS) is 11.7. The third-order valence-electron chi connectivity index (χ3n) is 4.98. The van der Waals surface area contributed by atoms with Crippen molar-refractivity contribution in [1.29, 1.82) is 0 Å². The quantitative estimate of drug-likeness (QED) is 0.623. The number of hydrogen-bond acceptors (Lipinski definition) is 4. The van der Waals surface area contributed by atoms with Gasteiger partial charge in [-0.15, -0.1) is 0 Å². The van der Waals surface area contributed by atoms with Crippen LogP contribution in [-0.2, 0) is 24.9 Å². The topological polar surface area (TPSA) is 98.0 Å². The summed E-state index contributed by atoms with van der Waals surface area (Å²) in [7, 11) is 1.84. The Morgan fingerprint density at radius 3 is 2.53 bits per heavy atom. The van der Waals surface area contributed by atoms with E-state index in [1.165, 1.54) is 22.9 Å². The molecule has 2 amide bonds. The van der Waals surface area contributed by atoms with Gasteiger partial charge in [0.2, 0.25) is 5.91 Å². The highest BCUT2D eigenvalue weighted by Crippen LogP contribution is 2.16. The van der Waals surface area contributed by atoms with Gasteiger partial charge < -0.3 is 15.2 Å². The summed E-state index contributed by atoms with van der Waals surface area (Å²) in [5, 5.41) is 9.87. The molecule has 30 heavy (non-hydrogen) atoms. The molecule has 1 aromatic carbocycles. The summed E-state index contributed by atoms with van der Waals surface area (Å²) in [5.41, 5.74) is 2.80. The van der Waals surface area contributed by atoms with Gasteiger partial charge in [0.25, 0.3) is 11.5 Å². The molecule has 0 aliphatic carbocycles. The number of aryl methyl sites for hydroxylation is 1. The van der Waals surface area contributed by atoms with Crippen LogP contribution in [0.3, 0.4) is 0 Å². The number of rotatable bonds is 7. The molecule has 0 saturated carbocycles. The van der Waals surface area contributed by atoms with E-state index in [1.807, 2.05) is 51.2 Å². The monoisotopic (exact) mass is 407 g/mol. The highest BCUT2D eigenvalue weighted by molar-refractivity contribution is 5.94.